The maximum atomic E-state index is 13.8. The molecule has 1 aliphatic carbocycles. The van der Waals surface area contributed by atoms with Gasteiger partial charge in [0.05, 0.1) is 29.5 Å². The van der Waals surface area contributed by atoms with E-state index >= 15 is 0 Å². The second kappa shape index (κ2) is 8.29. The molecule has 3 unspecified atom stereocenters. The summed E-state index contributed by atoms with van der Waals surface area (Å²) in [4.78, 5) is 16.3. The molecule has 1 aromatic rings. The molecule has 0 spiro atoms. The predicted molar refractivity (Wildman–Crippen MR) is 94.7 cm³/mol. The molecule has 1 aromatic heterocycles. The second-order valence-corrected chi connectivity index (χ2v) is 7.43. The molecule has 25 heavy (non-hydrogen) atoms. The van der Waals surface area contributed by atoms with Crippen LogP contribution in [0.5, 0.6) is 0 Å². The van der Waals surface area contributed by atoms with Gasteiger partial charge in [0.1, 0.15) is 11.3 Å². The number of halogens is 2. The van der Waals surface area contributed by atoms with Crippen LogP contribution in [0.25, 0.3) is 0 Å². The summed E-state index contributed by atoms with van der Waals surface area (Å²) < 4.78 is 13.8. The fourth-order valence-corrected chi connectivity index (χ4v) is 2.93. The molecular weight excluding hydrogens is 349 g/mol. The molecular formula is C17H25ClFN3O3. The van der Waals surface area contributed by atoms with E-state index in [0.29, 0.717) is 12.1 Å². The number of pyridine rings is 1. The Bertz CT molecular complexity index is 609. The third-order valence-corrected chi connectivity index (χ3v) is 4.54. The Labute approximate surface area is 151 Å². The summed E-state index contributed by atoms with van der Waals surface area (Å²) in [6.07, 6.45) is 2.51. The highest BCUT2D eigenvalue weighted by Gasteiger charge is 2.27. The summed E-state index contributed by atoms with van der Waals surface area (Å²) >= 11 is 5.93. The number of aromatic nitrogens is 1. The van der Waals surface area contributed by atoms with E-state index in [1.165, 1.54) is 20.0 Å². The van der Waals surface area contributed by atoms with Gasteiger partial charge in [-0.1, -0.05) is 11.6 Å². The Kier molecular flexibility index (Phi) is 6.59. The van der Waals surface area contributed by atoms with Crippen molar-refractivity contribution in [2.45, 2.75) is 63.4 Å². The zero-order valence-electron chi connectivity index (χ0n) is 14.4. The topological polar surface area (TPSA) is 94.5 Å². The van der Waals surface area contributed by atoms with Gasteiger partial charge >= 0.3 is 0 Å². The molecule has 0 aliphatic heterocycles. The Morgan fingerprint density at radius 1 is 1.52 bits per heavy atom. The van der Waals surface area contributed by atoms with E-state index in [0.717, 1.165) is 19.3 Å². The minimum absolute atomic E-state index is 0.0269. The number of amides is 1. The summed E-state index contributed by atoms with van der Waals surface area (Å²) in [5, 5.41) is 25.3. The number of hydrogen-bond acceptors (Lipinski definition) is 5. The fraction of sp³-hybridized carbons (Fsp3) is 0.647. The summed E-state index contributed by atoms with van der Waals surface area (Å²) in [6.45, 7) is 2.37. The van der Waals surface area contributed by atoms with Crippen LogP contribution in [0.4, 0.5) is 10.1 Å². The number of aliphatic hydroxyl groups excluding tert-OH is 1. The van der Waals surface area contributed by atoms with Gasteiger partial charge in [-0.2, -0.15) is 0 Å². The minimum Gasteiger partial charge on any atom is -0.393 e. The normalized spacial score (nSPS) is 22.3. The van der Waals surface area contributed by atoms with Gasteiger partial charge in [0, 0.05) is 12.2 Å². The number of carbonyl (C=O) groups is 1. The average molecular weight is 374 g/mol. The first-order chi connectivity index (χ1) is 11.7. The second-order valence-electron chi connectivity index (χ2n) is 7.05. The van der Waals surface area contributed by atoms with Crippen molar-refractivity contribution >= 4 is 23.2 Å². The standard InChI is InChI=1S/C17H25ClFN3O3/c1-17(2,25)14(19)9-21-16(24)12-8-20-15(18)7-13(12)22-10-4-3-5-11(23)6-10/h7-8,10-11,14,23,25H,3-6,9H2,1-2H3,(H,20,22)(H,21,24). The van der Waals surface area contributed by atoms with Crippen LogP contribution in [-0.2, 0) is 0 Å². The molecule has 1 aliphatic rings. The zero-order valence-corrected chi connectivity index (χ0v) is 15.2. The minimum atomic E-state index is -1.60. The van der Waals surface area contributed by atoms with Gasteiger partial charge in [0.2, 0.25) is 0 Å². The maximum absolute atomic E-state index is 13.8. The van der Waals surface area contributed by atoms with Crippen molar-refractivity contribution < 1.29 is 19.4 Å². The van der Waals surface area contributed by atoms with E-state index < -0.39 is 17.7 Å². The molecule has 1 heterocycles. The van der Waals surface area contributed by atoms with Crippen molar-refractivity contribution in [1.82, 2.24) is 10.3 Å². The number of nitrogens with zero attached hydrogens (tertiary/aromatic N) is 1. The molecule has 0 bridgehead atoms. The van der Waals surface area contributed by atoms with Gasteiger partial charge in [0.15, 0.2) is 0 Å². The van der Waals surface area contributed by atoms with Gasteiger partial charge in [-0.05, 0) is 45.6 Å². The molecule has 1 amide bonds. The van der Waals surface area contributed by atoms with Crippen LogP contribution in [-0.4, -0.2) is 51.6 Å². The lowest BCUT2D eigenvalue weighted by Crippen LogP contribution is -2.42. The monoisotopic (exact) mass is 373 g/mol. The Morgan fingerprint density at radius 3 is 2.88 bits per heavy atom. The van der Waals surface area contributed by atoms with Crippen LogP contribution in [0.2, 0.25) is 5.15 Å². The number of alkyl halides is 1. The molecule has 0 radical (unpaired) electrons. The molecule has 8 heteroatoms. The van der Waals surface area contributed by atoms with Crippen LogP contribution in [0.15, 0.2) is 12.3 Å². The third kappa shape index (κ3) is 5.80. The molecule has 6 nitrogen and oxygen atoms in total. The molecule has 0 saturated heterocycles. The number of nitrogens with one attached hydrogen (secondary N) is 2. The Morgan fingerprint density at radius 2 is 2.24 bits per heavy atom. The van der Waals surface area contributed by atoms with Crippen molar-refractivity contribution in [3.8, 4) is 0 Å². The number of rotatable bonds is 6. The van der Waals surface area contributed by atoms with E-state index in [4.69, 9.17) is 11.6 Å². The number of carbonyl (C=O) groups excluding carboxylic acids is 1. The average Bonchev–Trinajstić information content (AvgIpc) is 2.51. The summed E-state index contributed by atoms with van der Waals surface area (Å²) in [7, 11) is 0. The van der Waals surface area contributed by atoms with E-state index in [1.807, 2.05) is 0 Å². The van der Waals surface area contributed by atoms with E-state index in [1.54, 1.807) is 6.07 Å². The lowest BCUT2D eigenvalue weighted by Gasteiger charge is -2.28. The Hall–Kier alpha value is -1.44. The van der Waals surface area contributed by atoms with Crippen LogP contribution >= 0.6 is 11.6 Å². The van der Waals surface area contributed by atoms with Crippen LogP contribution in [0.1, 0.15) is 49.9 Å². The fourth-order valence-electron chi connectivity index (χ4n) is 2.77. The molecule has 4 N–H and O–H groups in total. The molecule has 140 valence electrons. The molecule has 0 aromatic carbocycles. The molecule has 1 fully saturated rings. The first-order valence-corrected chi connectivity index (χ1v) is 8.79. The smallest absolute Gasteiger partial charge is 0.255 e. The lowest BCUT2D eigenvalue weighted by atomic mass is 9.92. The van der Waals surface area contributed by atoms with E-state index in [2.05, 4.69) is 15.6 Å². The summed E-state index contributed by atoms with van der Waals surface area (Å²) in [5.41, 5.74) is -0.798. The van der Waals surface area contributed by atoms with Gasteiger partial charge in [-0.25, -0.2) is 9.37 Å². The number of hydrogen-bond donors (Lipinski definition) is 4. The van der Waals surface area contributed by atoms with Gasteiger partial charge in [0.25, 0.3) is 5.91 Å². The van der Waals surface area contributed by atoms with Crippen molar-refractivity contribution in [2.24, 2.45) is 0 Å². The van der Waals surface area contributed by atoms with Crippen molar-refractivity contribution in [2.75, 3.05) is 11.9 Å². The molecule has 2 rings (SSSR count). The van der Waals surface area contributed by atoms with Crippen molar-refractivity contribution in [3.63, 3.8) is 0 Å². The zero-order chi connectivity index (χ0) is 18.6. The first-order valence-electron chi connectivity index (χ1n) is 8.41. The predicted octanol–water partition coefficient (Wildman–Crippen LogP) is 2.29. The van der Waals surface area contributed by atoms with Crippen LogP contribution in [0.3, 0.4) is 0 Å². The maximum Gasteiger partial charge on any atom is 0.255 e. The largest absolute Gasteiger partial charge is 0.393 e. The quantitative estimate of drug-likeness (QED) is 0.574. The van der Waals surface area contributed by atoms with E-state index in [-0.39, 0.29) is 29.4 Å². The third-order valence-electron chi connectivity index (χ3n) is 4.33. The lowest BCUT2D eigenvalue weighted by molar-refractivity contribution is -0.00177. The number of anilines is 1. The van der Waals surface area contributed by atoms with E-state index in [9.17, 15) is 19.4 Å². The van der Waals surface area contributed by atoms with Crippen LogP contribution < -0.4 is 10.6 Å². The molecule has 1 saturated carbocycles. The van der Waals surface area contributed by atoms with Gasteiger partial charge in [-0.15, -0.1) is 0 Å². The highest BCUT2D eigenvalue weighted by Crippen LogP contribution is 2.25. The first kappa shape index (κ1) is 19.9. The summed E-state index contributed by atoms with van der Waals surface area (Å²) in [6, 6.07) is 1.57. The van der Waals surface area contributed by atoms with Gasteiger partial charge in [-0.3, -0.25) is 4.79 Å². The van der Waals surface area contributed by atoms with Crippen molar-refractivity contribution in [1.29, 1.82) is 0 Å². The van der Waals surface area contributed by atoms with Crippen molar-refractivity contribution in [3.05, 3.63) is 23.0 Å². The van der Waals surface area contributed by atoms with Gasteiger partial charge < -0.3 is 20.8 Å². The molecule has 3 atom stereocenters. The number of aliphatic hydroxyl groups is 2. The highest BCUT2D eigenvalue weighted by molar-refractivity contribution is 6.29. The summed E-state index contributed by atoms with van der Waals surface area (Å²) in [5.74, 6) is -0.505. The SMILES string of the molecule is CC(C)(O)C(F)CNC(=O)c1cnc(Cl)cc1NC1CCCC(O)C1. The Balaban J connectivity index is 2.08. The highest BCUT2D eigenvalue weighted by atomic mass is 35.5. The van der Waals surface area contributed by atoms with Crippen LogP contribution in [0, 0.1) is 0 Å².